The first-order chi connectivity index (χ1) is 5.13. The molecule has 2 heteroatoms. The molecule has 0 aromatic rings. The van der Waals surface area contributed by atoms with Crippen LogP contribution in [0.3, 0.4) is 0 Å². The van der Waals surface area contributed by atoms with Crippen molar-refractivity contribution in [3.63, 3.8) is 0 Å². The van der Waals surface area contributed by atoms with Crippen LogP contribution in [0.1, 0.15) is 20.8 Å². The standard InChI is InChI=1S/C9H15NO/c1-5-8(7(3)4)9(10)11-6-2/h5-7,10H,2H2,1,3-4H3. The molecule has 0 heterocycles. The third-order valence-corrected chi connectivity index (χ3v) is 1.40. The Bertz CT molecular complexity index is 180. The second kappa shape index (κ2) is 4.72. The van der Waals surface area contributed by atoms with E-state index in [2.05, 4.69) is 6.58 Å². The van der Waals surface area contributed by atoms with E-state index < -0.39 is 0 Å². The summed E-state index contributed by atoms with van der Waals surface area (Å²) in [5, 5.41) is 7.41. The Morgan fingerprint density at radius 3 is 2.36 bits per heavy atom. The molecule has 0 aliphatic heterocycles. The second-order valence-corrected chi connectivity index (χ2v) is 2.51. The van der Waals surface area contributed by atoms with Crippen LogP contribution in [0.5, 0.6) is 0 Å². The fourth-order valence-corrected chi connectivity index (χ4v) is 0.878. The SMILES string of the molecule is C=COC(=N)C(=CC)C(C)C. The van der Waals surface area contributed by atoms with E-state index in [1.807, 2.05) is 26.8 Å². The summed E-state index contributed by atoms with van der Waals surface area (Å²) in [6.45, 7) is 9.33. The van der Waals surface area contributed by atoms with Gasteiger partial charge in [0, 0.05) is 5.57 Å². The van der Waals surface area contributed by atoms with E-state index in [1.165, 1.54) is 6.26 Å². The van der Waals surface area contributed by atoms with Crippen LogP contribution in [-0.2, 0) is 4.74 Å². The number of hydrogen-bond acceptors (Lipinski definition) is 2. The van der Waals surface area contributed by atoms with E-state index in [0.29, 0.717) is 5.92 Å². The van der Waals surface area contributed by atoms with Crippen molar-refractivity contribution in [3.8, 4) is 0 Å². The summed E-state index contributed by atoms with van der Waals surface area (Å²) in [7, 11) is 0. The van der Waals surface area contributed by atoms with Crippen molar-refractivity contribution >= 4 is 5.90 Å². The molecule has 0 aliphatic carbocycles. The molecule has 0 unspecified atom stereocenters. The van der Waals surface area contributed by atoms with Gasteiger partial charge in [-0.2, -0.15) is 0 Å². The fourth-order valence-electron chi connectivity index (χ4n) is 0.878. The van der Waals surface area contributed by atoms with Crippen LogP contribution in [0.15, 0.2) is 24.5 Å². The van der Waals surface area contributed by atoms with Gasteiger partial charge in [0.25, 0.3) is 0 Å². The second-order valence-electron chi connectivity index (χ2n) is 2.51. The van der Waals surface area contributed by atoms with E-state index in [-0.39, 0.29) is 5.90 Å². The van der Waals surface area contributed by atoms with E-state index >= 15 is 0 Å². The van der Waals surface area contributed by atoms with Gasteiger partial charge in [-0.15, -0.1) is 0 Å². The van der Waals surface area contributed by atoms with Crippen LogP contribution in [0.4, 0.5) is 0 Å². The average Bonchev–Trinajstić information content (AvgIpc) is 1.88. The van der Waals surface area contributed by atoms with Crippen LogP contribution < -0.4 is 0 Å². The van der Waals surface area contributed by atoms with Gasteiger partial charge in [0.1, 0.15) is 0 Å². The molecule has 0 saturated carbocycles. The Balaban J connectivity index is 4.28. The van der Waals surface area contributed by atoms with Gasteiger partial charge in [-0.3, -0.25) is 5.41 Å². The van der Waals surface area contributed by atoms with Gasteiger partial charge in [-0.25, -0.2) is 0 Å². The molecule has 1 N–H and O–H groups in total. The van der Waals surface area contributed by atoms with Gasteiger partial charge >= 0.3 is 0 Å². The fraction of sp³-hybridized carbons (Fsp3) is 0.444. The quantitative estimate of drug-likeness (QED) is 0.377. The third kappa shape index (κ3) is 3.03. The summed E-state index contributed by atoms with van der Waals surface area (Å²) in [5.41, 5.74) is 0.907. The maximum Gasteiger partial charge on any atom is 0.214 e. The lowest BCUT2D eigenvalue weighted by Gasteiger charge is -2.09. The molecular weight excluding hydrogens is 138 g/mol. The normalized spacial score (nSPS) is 11.5. The van der Waals surface area contributed by atoms with E-state index in [4.69, 9.17) is 10.1 Å². The van der Waals surface area contributed by atoms with Gasteiger partial charge < -0.3 is 4.74 Å². The Morgan fingerprint density at radius 1 is 1.55 bits per heavy atom. The predicted octanol–water partition coefficient (Wildman–Crippen LogP) is 2.73. The zero-order valence-corrected chi connectivity index (χ0v) is 7.35. The van der Waals surface area contributed by atoms with Gasteiger partial charge in [-0.1, -0.05) is 26.5 Å². The lowest BCUT2D eigenvalue weighted by molar-refractivity contribution is 0.463. The van der Waals surface area contributed by atoms with Crippen LogP contribution in [0, 0.1) is 11.3 Å². The minimum Gasteiger partial charge on any atom is -0.448 e. The van der Waals surface area contributed by atoms with Gasteiger partial charge in [0.2, 0.25) is 5.90 Å². The zero-order valence-electron chi connectivity index (χ0n) is 7.35. The highest BCUT2D eigenvalue weighted by Crippen LogP contribution is 2.11. The average molecular weight is 153 g/mol. The smallest absolute Gasteiger partial charge is 0.214 e. The third-order valence-electron chi connectivity index (χ3n) is 1.40. The molecule has 0 radical (unpaired) electrons. The van der Waals surface area contributed by atoms with Crippen molar-refractivity contribution in [3.05, 3.63) is 24.5 Å². The highest BCUT2D eigenvalue weighted by Gasteiger charge is 2.07. The highest BCUT2D eigenvalue weighted by atomic mass is 16.5. The van der Waals surface area contributed by atoms with E-state index in [9.17, 15) is 0 Å². The largest absolute Gasteiger partial charge is 0.448 e. The molecule has 0 rings (SSSR count). The number of rotatable bonds is 3. The minimum absolute atomic E-state index is 0.192. The van der Waals surface area contributed by atoms with Crippen molar-refractivity contribution in [2.75, 3.05) is 0 Å². The number of nitrogens with one attached hydrogen (secondary N) is 1. The molecular formula is C9H15NO. The molecule has 0 aromatic heterocycles. The van der Waals surface area contributed by atoms with Gasteiger partial charge in [0.15, 0.2) is 0 Å². The molecule has 0 amide bonds. The highest BCUT2D eigenvalue weighted by molar-refractivity contribution is 5.91. The number of ether oxygens (including phenoxy) is 1. The molecule has 0 aliphatic rings. The first kappa shape index (κ1) is 9.95. The van der Waals surface area contributed by atoms with Crippen LogP contribution >= 0.6 is 0 Å². The van der Waals surface area contributed by atoms with Crippen molar-refractivity contribution in [1.82, 2.24) is 0 Å². The molecule has 0 saturated heterocycles. The summed E-state index contributed by atoms with van der Waals surface area (Å²) in [6.07, 6.45) is 3.16. The molecule has 0 spiro atoms. The Hall–Kier alpha value is -1.05. The maximum atomic E-state index is 7.41. The first-order valence-electron chi connectivity index (χ1n) is 3.66. The first-order valence-corrected chi connectivity index (χ1v) is 3.66. The minimum atomic E-state index is 0.192. The topological polar surface area (TPSA) is 33.1 Å². The van der Waals surface area contributed by atoms with Gasteiger partial charge in [0.05, 0.1) is 6.26 Å². The molecule has 11 heavy (non-hydrogen) atoms. The summed E-state index contributed by atoms with van der Waals surface area (Å²) in [5.74, 6) is 0.518. The van der Waals surface area contributed by atoms with Crippen LogP contribution in [0.2, 0.25) is 0 Å². The molecule has 2 nitrogen and oxygen atoms in total. The Labute approximate surface area is 68.1 Å². The van der Waals surface area contributed by atoms with Crippen molar-refractivity contribution in [2.45, 2.75) is 20.8 Å². The summed E-state index contributed by atoms with van der Waals surface area (Å²) in [6, 6.07) is 0. The molecule has 0 atom stereocenters. The molecule has 62 valence electrons. The van der Waals surface area contributed by atoms with Gasteiger partial charge in [-0.05, 0) is 12.8 Å². The lowest BCUT2D eigenvalue weighted by atomic mass is 10.0. The van der Waals surface area contributed by atoms with Crippen molar-refractivity contribution in [2.24, 2.45) is 5.92 Å². The summed E-state index contributed by atoms with van der Waals surface area (Å²) >= 11 is 0. The van der Waals surface area contributed by atoms with Crippen molar-refractivity contribution < 1.29 is 4.74 Å². The number of allylic oxidation sites excluding steroid dienone is 1. The maximum absolute atomic E-state index is 7.41. The molecule has 0 fully saturated rings. The van der Waals surface area contributed by atoms with Crippen molar-refractivity contribution in [1.29, 1.82) is 5.41 Å². The van der Waals surface area contributed by atoms with E-state index in [0.717, 1.165) is 5.57 Å². The zero-order chi connectivity index (χ0) is 8.85. The van der Waals surface area contributed by atoms with E-state index in [1.54, 1.807) is 0 Å². The number of hydrogen-bond donors (Lipinski definition) is 1. The Kier molecular flexibility index (Phi) is 4.27. The monoisotopic (exact) mass is 153 g/mol. The molecule has 0 bridgehead atoms. The predicted molar refractivity (Wildman–Crippen MR) is 47.6 cm³/mol. The summed E-state index contributed by atoms with van der Waals surface area (Å²) < 4.78 is 4.84. The van der Waals surface area contributed by atoms with Crippen LogP contribution in [0.25, 0.3) is 0 Å². The van der Waals surface area contributed by atoms with Crippen LogP contribution in [-0.4, -0.2) is 5.90 Å². The summed E-state index contributed by atoms with van der Waals surface area (Å²) in [4.78, 5) is 0. The Morgan fingerprint density at radius 2 is 2.09 bits per heavy atom. The molecule has 0 aromatic carbocycles. The lowest BCUT2D eigenvalue weighted by Crippen LogP contribution is -2.08.